The molecule has 1 aromatic heterocycles. The Hall–Kier alpha value is -1.73. The van der Waals surface area contributed by atoms with E-state index in [1.165, 1.54) is 11.8 Å². The molecule has 2 heterocycles. The van der Waals surface area contributed by atoms with E-state index in [9.17, 15) is 9.59 Å². The quantitative estimate of drug-likeness (QED) is 0.453. The van der Waals surface area contributed by atoms with Gasteiger partial charge in [0, 0.05) is 11.7 Å². The van der Waals surface area contributed by atoms with Gasteiger partial charge in [-0.25, -0.2) is 4.98 Å². The first kappa shape index (κ1) is 18.1. The smallest absolute Gasteiger partial charge is 0.319 e. The molecule has 5 nitrogen and oxygen atoms in total. The fourth-order valence-corrected chi connectivity index (χ4v) is 4.69. The maximum absolute atomic E-state index is 13.1. The highest BCUT2D eigenvalue weighted by Gasteiger charge is 2.28. The summed E-state index contributed by atoms with van der Waals surface area (Å²) in [5, 5.41) is 0.429. The minimum atomic E-state index is -0.439. The number of benzene rings is 1. The SMILES string of the molecule is CCOC(=O)[C@@H](C)Sc1nc2c(c(=O)n1-c1ccccc1)S[C@H](C)C2. The maximum Gasteiger partial charge on any atom is 0.319 e. The molecule has 2 aromatic rings. The van der Waals surface area contributed by atoms with Gasteiger partial charge in [-0.05, 0) is 26.0 Å². The second-order valence-electron chi connectivity index (χ2n) is 5.79. The molecule has 0 aliphatic carbocycles. The average molecular weight is 377 g/mol. The molecule has 0 saturated carbocycles. The van der Waals surface area contributed by atoms with Crippen molar-refractivity contribution in [3.05, 3.63) is 46.4 Å². The zero-order valence-corrected chi connectivity index (χ0v) is 16.0. The zero-order valence-electron chi connectivity index (χ0n) is 14.4. The lowest BCUT2D eigenvalue weighted by atomic mass is 10.2. The van der Waals surface area contributed by atoms with Gasteiger partial charge in [0.15, 0.2) is 5.16 Å². The summed E-state index contributed by atoms with van der Waals surface area (Å²) < 4.78 is 6.68. The van der Waals surface area contributed by atoms with E-state index >= 15 is 0 Å². The third-order valence-corrected chi connectivity index (χ3v) is 6.04. The Kier molecular flexibility index (Phi) is 5.54. The lowest BCUT2D eigenvalue weighted by Crippen LogP contribution is -2.25. The predicted octanol–water partition coefficient (Wildman–Crippen LogP) is 3.31. The molecule has 7 heteroatoms. The zero-order chi connectivity index (χ0) is 18.0. The van der Waals surface area contributed by atoms with Crippen molar-refractivity contribution in [1.82, 2.24) is 9.55 Å². The summed E-state index contributed by atoms with van der Waals surface area (Å²) in [5.74, 6) is -0.301. The highest BCUT2D eigenvalue weighted by Crippen LogP contribution is 2.35. The summed E-state index contributed by atoms with van der Waals surface area (Å²) >= 11 is 2.83. The third-order valence-electron chi connectivity index (χ3n) is 3.80. The number of hydrogen-bond acceptors (Lipinski definition) is 6. The Morgan fingerprint density at radius 2 is 2.16 bits per heavy atom. The normalized spacial score (nSPS) is 17.2. The van der Waals surface area contributed by atoms with Crippen LogP contribution in [0, 0.1) is 0 Å². The number of rotatable bonds is 5. The van der Waals surface area contributed by atoms with E-state index in [0.29, 0.717) is 21.9 Å². The van der Waals surface area contributed by atoms with Crippen LogP contribution >= 0.6 is 23.5 Å². The second-order valence-corrected chi connectivity index (χ2v) is 8.55. The van der Waals surface area contributed by atoms with Crippen molar-refractivity contribution in [2.75, 3.05) is 6.61 Å². The van der Waals surface area contributed by atoms with Gasteiger partial charge in [-0.3, -0.25) is 14.2 Å². The number of carbonyl (C=O) groups is 1. The number of thioether (sulfide) groups is 2. The van der Waals surface area contributed by atoms with Gasteiger partial charge in [0.25, 0.3) is 5.56 Å². The summed E-state index contributed by atoms with van der Waals surface area (Å²) in [6.07, 6.45) is 0.770. The molecule has 0 saturated heterocycles. The van der Waals surface area contributed by atoms with E-state index in [1.807, 2.05) is 30.3 Å². The highest BCUT2D eigenvalue weighted by atomic mass is 32.2. The number of hydrogen-bond donors (Lipinski definition) is 0. The van der Waals surface area contributed by atoms with Crippen LogP contribution in [0.2, 0.25) is 0 Å². The number of para-hydroxylation sites is 1. The van der Waals surface area contributed by atoms with Gasteiger partial charge >= 0.3 is 5.97 Å². The van der Waals surface area contributed by atoms with E-state index in [4.69, 9.17) is 9.72 Å². The molecule has 1 aromatic carbocycles. The molecule has 3 rings (SSSR count). The number of nitrogens with zero attached hydrogens (tertiary/aromatic N) is 2. The molecule has 0 radical (unpaired) electrons. The second kappa shape index (κ2) is 7.66. The van der Waals surface area contributed by atoms with E-state index < -0.39 is 5.25 Å². The van der Waals surface area contributed by atoms with Crippen molar-refractivity contribution >= 4 is 29.5 Å². The van der Waals surface area contributed by atoms with Gasteiger partial charge in [-0.15, -0.1) is 11.8 Å². The van der Waals surface area contributed by atoms with Crippen molar-refractivity contribution in [3.63, 3.8) is 0 Å². The Balaban J connectivity index is 2.07. The molecule has 0 bridgehead atoms. The van der Waals surface area contributed by atoms with E-state index in [0.717, 1.165) is 17.8 Å². The molecule has 25 heavy (non-hydrogen) atoms. The van der Waals surface area contributed by atoms with Gasteiger partial charge in [-0.1, -0.05) is 36.9 Å². The van der Waals surface area contributed by atoms with Crippen molar-refractivity contribution in [2.45, 2.75) is 47.7 Å². The number of aromatic nitrogens is 2. The predicted molar refractivity (Wildman–Crippen MR) is 101 cm³/mol. The molecular formula is C18H20N2O3S2. The van der Waals surface area contributed by atoms with Crippen LogP contribution in [0.5, 0.6) is 0 Å². The molecule has 132 valence electrons. The van der Waals surface area contributed by atoms with E-state index in [2.05, 4.69) is 6.92 Å². The van der Waals surface area contributed by atoms with E-state index in [1.54, 1.807) is 30.2 Å². The highest BCUT2D eigenvalue weighted by molar-refractivity contribution is 8.00. The van der Waals surface area contributed by atoms with Crippen LogP contribution in [0.4, 0.5) is 0 Å². The summed E-state index contributed by atoms with van der Waals surface area (Å²) in [7, 11) is 0. The Morgan fingerprint density at radius 1 is 1.44 bits per heavy atom. The molecule has 2 atom stereocenters. The van der Waals surface area contributed by atoms with Crippen molar-refractivity contribution in [3.8, 4) is 5.69 Å². The summed E-state index contributed by atoms with van der Waals surface area (Å²) in [4.78, 5) is 30.5. The van der Waals surface area contributed by atoms with Crippen LogP contribution in [0.1, 0.15) is 26.5 Å². The number of carbonyl (C=O) groups excluding carboxylic acids is 1. The monoisotopic (exact) mass is 376 g/mol. The lowest BCUT2D eigenvalue weighted by molar-refractivity contribution is -0.142. The van der Waals surface area contributed by atoms with Crippen LogP contribution < -0.4 is 5.56 Å². The van der Waals surface area contributed by atoms with Gasteiger partial charge in [0.1, 0.15) is 5.25 Å². The standard InChI is InChI=1S/C18H20N2O3S2/c1-4-23-17(22)12(3)25-18-19-14-10-11(2)24-15(14)16(21)20(18)13-8-6-5-7-9-13/h5-9,11-12H,4,10H2,1-3H3/t11-,12-/m1/s1. The first-order valence-electron chi connectivity index (χ1n) is 8.22. The van der Waals surface area contributed by atoms with Crippen molar-refractivity contribution in [1.29, 1.82) is 0 Å². The van der Waals surface area contributed by atoms with Crippen LogP contribution in [0.25, 0.3) is 5.69 Å². The third kappa shape index (κ3) is 3.77. The number of esters is 1. The maximum atomic E-state index is 13.1. The van der Waals surface area contributed by atoms with Gasteiger partial charge in [0.2, 0.25) is 0 Å². The Labute approximate surface area is 155 Å². The minimum Gasteiger partial charge on any atom is -0.465 e. The molecule has 0 unspecified atom stereocenters. The van der Waals surface area contributed by atoms with Crippen molar-refractivity contribution in [2.24, 2.45) is 0 Å². The first-order chi connectivity index (χ1) is 12.0. The Bertz CT molecular complexity index is 836. The van der Waals surface area contributed by atoms with Gasteiger partial charge in [0.05, 0.1) is 22.9 Å². The van der Waals surface area contributed by atoms with Gasteiger partial charge in [-0.2, -0.15) is 0 Å². The number of fused-ring (bicyclic) bond motifs is 1. The van der Waals surface area contributed by atoms with Crippen LogP contribution in [-0.2, 0) is 16.0 Å². The molecule has 1 aliphatic heterocycles. The largest absolute Gasteiger partial charge is 0.465 e. The molecule has 0 amide bonds. The topological polar surface area (TPSA) is 61.2 Å². The molecular weight excluding hydrogens is 356 g/mol. The summed E-state index contributed by atoms with van der Waals surface area (Å²) in [6.45, 7) is 5.98. The van der Waals surface area contributed by atoms with Gasteiger partial charge < -0.3 is 4.74 Å². The molecule has 0 spiro atoms. The average Bonchev–Trinajstić information content (AvgIpc) is 2.97. The fraction of sp³-hybridized carbons (Fsp3) is 0.389. The Morgan fingerprint density at radius 3 is 2.84 bits per heavy atom. The molecule has 0 fully saturated rings. The minimum absolute atomic E-state index is 0.0656. The van der Waals surface area contributed by atoms with Crippen LogP contribution in [0.3, 0.4) is 0 Å². The van der Waals surface area contributed by atoms with Crippen LogP contribution in [0.15, 0.2) is 45.2 Å². The fourth-order valence-electron chi connectivity index (χ4n) is 2.65. The lowest BCUT2D eigenvalue weighted by Gasteiger charge is -2.16. The summed E-state index contributed by atoms with van der Waals surface area (Å²) in [5.41, 5.74) is 1.51. The summed E-state index contributed by atoms with van der Waals surface area (Å²) in [6, 6.07) is 9.41. The molecule has 1 aliphatic rings. The number of ether oxygens (including phenoxy) is 1. The van der Waals surface area contributed by atoms with Crippen molar-refractivity contribution < 1.29 is 9.53 Å². The van der Waals surface area contributed by atoms with Crippen LogP contribution in [-0.4, -0.2) is 32.6 Å². The first-order valence-corrected chi connectivity index (χ1v) is 9.98. The molecule has 0 N–H and O–H groups in total. The van der Waals surface area contributed by atoms with E-state index in [-0.39, 0.29) is 11.5 Å².